The number of hydrogen-bond donors (Lipinski definition) is 1. The number of alkyl carbamates (subject to hydrolysis) is 1. The predicted molar refractivity (Wildman–Crippen MR) is 88.9 cm³/mol. The molecule has 0 aliphatic carbocycles. The van der Waals surface area contributed by atoms with Crippen LogP contribution in [0.15, 0.2) is 30.3 Å². The van der Waals surface area contributed by atoms with Gasteiger partial charge in [0.1, 0.15) is 18.2 Å². The van der Waals surface area contributed by atoms with Crippen LogP contribution in [-0.4, -0.2) is 23.7 Å². The molecule has 0 aliphatic rings. The number of carbonyl (C=O) groups is 2. The molecular weight excluding hydrogens is 294 g/mol. The Labute approximate surface area is 138 Å². The van der Waals surface area contributed by atoms with Gasteiger partial charge in [-0.1, -0.05) is 50.1 Å². The average Bonchev–Trinajstić information content (AvgIpc) is 2.48. The van der Waals surface area contributed by atoms with Gasteiger partial charge in [0.15, 0.2) is 0 Å². The van der Waals surface area contributed by atoms with Crippen molar-refractivity contribution in [3.05, 3.63) is 35.9 Å². The molecule has 1 rings (SSSR count). The van der Waals surface area contributed by atoms with E-state index in [4.69, 9.17) is 9.47 Å². The van der Waals surface area contributed by atoms with E-state index in [9.17, 15) is 9.59 Å². The summed E-state index contributed by atoms with van der Waals surface area (Å²) in [6, 6.07) is 8.71. The normalized spacial score (nSPS) is 12.3. The molecule has 0 saturated heterocycles. The van der Waals surface area contributed by atoms with Crippen LogP contribution in [0.2, 0.25) is 0 Å². The van der Waals surface area contributed by atoms with Crippen LogP contribution in [-0.2, 0) is 20.9 Å². The van der Waals surface area contributed by atoms with Gasteiger partial charge < -0.3 is 14.8 Å². The highest BCUT2D eigenvalue weighted by Crippen LogP contribution is 2.12. The first kappa shape index (κ1) is 19.0. The molecule has 0 unspecified atom stereocenters. The second-order valence-electron chi connectivity index (χ2n) is 6.43. The van der Waals surface area contributed by atoms with Crippen LogP contribution >= 0.6 is 0 Å². The van der Waals surface area contributed by atoms with E-state index < -0.39 is 23.7 Å². The Bertz CT molecular complexity index is 493. The van der Waals surface area contributed by atoms with Crippen molar-refractivity contribution in [2.24, 2.45) is 0 Å². The second kappa shape index (κ2) is 9.18. The summed E-state index contributed by atoms with van der Waals surface area (Å²) in [7, 11) is 0. The number of esters is 1. The van der Waals surface area contributed by atoms with Gasteiger partial charge in [0.25, 0.3) is 0 Å². The predicted octanol–water partition coefficient (Wildman–Crippen LogP) is 3.81. The molecule has 0 spiro atoms. The molecule has 128 valence electrons. The third kappa shape index (κ3) is 8.24. The average molecular weight is 321 g/mol. The Morgan fingerprint density at radius 1 is 1.17 bits per heavy atom. The zero-order valence-electron chi connectivity index (χ0n) is 14.4. The van der Waals surface area contributed by atoms with Gasteiger partial charge in [0.2, 0.25) is 0 Å². The number of benzene rings is 1. The minimum Gasteiger partial charge on any atom is -0.458 e. The molecule has 0 aliphatic heterocycles. The first-order valence-electron chi connectivity index (χ1n) is 8.02. The molecule has 0 radical (unpaired) electrons. The van der Waals surface area contributed by atoms with Crippen LogP contribution in [0.4, 0.5) is 4.79 Å². The van der Waals surface area contributed by atoms with E-state index in [0.717, 1.165) is 18.4 Å². The number of ether oxygens (including phenoxy) is 2. The number of rotatable bonds is 7. The van der Waals surface area contributed by atoms with E-state index in [2.05, 4.69) is 5.32 Å². The minimum atomic E-state index is -0.683. The Balaban J connectivity index is 2.54. The standard InChI is InChI=1S/C18H27NO4/c1-5-6-12-15(16(20)23-18(2,3)4)19-17(21)22-13-14-10-8-7-9-11-14/h7-11,15H,5-6,12-13H2,1-4H3,(H,19,21)/t15-/m0/s1. The first-order valence-corrected chi connectivity index (χ1v) is 8.02. The van der Waals surface area contributed by atoms with Crippen LogP contribution in [0, 0.1) is 0 Å². The molecule has 0 aromatic heterocycles. The number of unbranched alkanes of at least 4 members (excludes halogenated alkanes) is 1. The summed E-state index contributed by atoms with van der Waals surface area (Å²) < 4.78 is 10.5. The third-order valence-electron chi connectivity index (χ3n) is 3.04. The fraction of sp³-hybridized carbons (Fsp3) is 0.556. The van der Waals surface area contributed by atoms with Crippen molar-refractivity contribution in [1.29, 1.82) is 0 Å². The summed E-state index contributed by atoms with van der Waals surface area (Å²) >= 11 is 0. The van der Waals surface area contributed by atoms with Crippen molar-refractivity contribution in [2.45, 2.75) is 65.2 Å². The lowest BCUT2D eigenvalue weighted by atomic mass is 10.1. The van der Waals surface area contributed by atoms with Gasteiger partial charge in [0, 0.05) is 0 Å². The molecule has 1 aromatic rings. The molecule has 0 heterocycles. The quantitative estimate of drug-likeness (QED) is 0.776. The van der Waals surface area contributed by atoms with Crippen LogP contribution in [0.25, 0.3) is 0 Å². The fourth-order valence-electron chi connectivity index (χ4n) is 1.94. The molecule has 1 atom stereocenters. The van der Waals surface area contributed by atoms with E-state index in [1.54, 1.807) is 20.8 Å². The number of amides is 1. The molecule has 1 aromatic carbocycles. The maximum Gasteiger partial charge on any atom is 0.408 e. The third-order valence-corrected chi connectivity index (χ3v) is 3.04. The van der Waals surface area contributed by atoms with Gasteiger partial charge in [0.05, 0.1) is 0 Å². The number of carbonyl (C=O) groups excluding carboxylic acids is 2. The largest absolute Gasteiger partial charge is 0.458 e. The molecule has 1 amide bonds. The van der Waals surface area contributed by atoms with Crippen molar-refractivity contribution in [2.75, 3.05) is 0 Å². The summed E-state index contributed by atoms with van der Waals surface area (Å²) in [5.74, 6) is -0.428. The maximum absolute atomic E-state index is 12.2. The minimum absolute atomic E-state index is 0.168. The summed E-state index contributed by atoms with van der Waals surface area (Å²) in [4.78, 5) is 24.1. The molecule has 5 heteroatoms. The SMILES string of the molecule is CCCC[C@H](NC(=O)OCc1ccccc1)C(=O)OC(C)(C)C. The Morgan fingerprint density at radius 2 is 1.83 bits per heavy atom. The molecule has 23 heavy (non-hydrogen) atoms. The summed E-state index contributed by atoms with van der Waals surface area (Å²) in [5.41, 5.74) is 0.307. The van der Waals surface area contributed by atoms with Gasteiger partial charge in [-0.2, -0.15) is 0 Å². The molecule has 0 bridgehead atoms. The van der Waals surface area contributed by atoms with Crippen molar-refractivity contribution in [3.8, 4) is 0 Å². The van der Waals surface area contributed by atoms with Crippen LogP contribution < -0.4 is 5.32 Å². The molecule has 5 nitrogen and oxygen atoms in total. The summed E-state index contributed by atoms with van der Waals surface area (Å²) in [6.45, 7) is 7.60. The van der Waals surface area contributed by atoms with Crippen LogP contribution in [0.1, 0.15) is 52.5 Å². The first-order chi connectivity index (χ1) is 10.8. The van der Waals surface area contributed by atoms with Gasteiger partial charge in [-0.15, -0.1) is 0 Å². The van der Waals surface area contributed by atoms with E-state index in [0.29, 0.717) is 6.42 Å². The van der Waals surface area contributed by atoms with Crippen molar-refractivity contribution >= 4 is 12.1 Å². The highest BCUT2D eigenvalue weighted by atomic mass is 16.6. The van der Waals surface area contributed by atoms with Crippen molar-refractivity contribution in [1.82, 2.24) is 5.32 Å². The molecule has 1 N–H and O–H groups in total. The lowest BCUT2D eigenvalue weighted by Crippen LogP contribution is -2.44. The Morgan fingerprint density at radius 3 is 2.39 bits per heavy atom. The summed E-state index contributed by atoms with van der Waals surface area (Å²) in [5, 5.41) is 2.61. The van der Waals surface area contributed by atoms with Gasteiger partial charge >= 0.3 is 12.1 Å². The lowest BCUT2D eigenvalue weighted by molar-refractivity contribution is -0.157. The van der Waals surface area contributed by atoms with Crippen LogP contribution in [0.5, 0.6) is 0 Å². The highest BCUT2D eigenvalue weighted by Gasteiger charge is 2.26. The van der Waals surface area contributed by atoms with Crippen molar-refractivity contribution in [3.63, 3.8) is 0 Å². The van der Waals surface area contributed by atoms with Gasteiger partial charge in [-0.05, 0) is 32.8 Å². The van der Waals surface area contributed by atoms with E-state index in [-0.39, 0.29) is 6.61 Å². The molecule has 0 fully saturated rings. The maximum atomic E-state index is 12.2. The van der Waals surface area contributed by atoms with Gasteiger partial charge in [-0.3, -0.25) is 0 Å². The van der Waals surface area contributed by atoms with Crippen LogP contribution in [0.3, 0.4) is 0 Å². The van der Waals surface area contributed by atoms with Crippen molar-refractivity contribution < 1.29 is 19.1 Å². The molecular formula is C18H27NO4. The Kier molecular flexibility index (Phi) is 7.59. The lowest BCUT2D eigenvalue weighted by Gasteiger charge is -2.24. The number of nitrogens with one attached hydrogen (secondary N) is 1. The zero-order chi connectivity index (χ0) is 17.3. The van der Waals surface area contributed by atoms with Gasteiger partial charge in [-0.25, -0.2) is 9.59 Å². The Hall–Kier alpha value is -2.04. The van der Waals surface area contributed by atoms with E-state index in [1.165, 1.54) is 0 Å². The fourth-order valence-corrected chi connectivity index (χ4v) is 1.94. The smallest absolute Gasteiger partial charge is 0.408 e. The zero-order valence-corrected chi connectivity index (χ0v) is 14.4. The van der Waals surface area contributed by atoms with E-state index >= 15 is 0 Å². The topological polar surface area (TPSA) is 64.6 Å². The summed E-state index contributed by atoms with van der Waals surface area (Å²) in [6.07, 6.45) is 1.68. The monoisotopic (exact) mass is 321 g/mol. The molecule has 0 saturated carbocycles. The highest BCUT2D eigenvalue weighted by molar-refractivity contribution is 5.81. The second-order valence-corrected chi connectivity index (χ2v) is 6.43. The number of hydrogen-bond acceptors (Lipinski definition) is 4. The van der Waals surface area contributed by atoms with E-state index in [1.807, 2.05) is 37.3 Å².